The average molecular weight is 227 g/mol. The first-order chi connectivity index (χ1) is 7.52. The molecule has 0 aromatic rings. The lowest BCUT2D eigenvalue weighted by atomic mass is 9.73. The van der Waals surface area contributed by atoms with E-state index in [9.17, 15) is 9.59 Å². The van der Waals surface area contributed by atoms with Crippen molar-refractivity contribution in [1.82, 2.24) is 4.90 Å². The molecular weight excluding hydrogens is 206 g/mol. The minimum atomic E-state index is -0.465. The van der Waals surface area contributed by atoms with E-state index in [2.05, 4.69) is 0 Å². The number of amides is 1. The van der Waals surface area contributed by atoms with Gasteiger partial charge in [-0.2, -0.15) is 0 Å². The van der Waals surface area contributed by atoms with Gasteiger partial charge in [0.15, 0.2) is 0 Å². The summed E-state index contributed by atoms with van der Waals surface area (Å²) in [6.07, 6.45) is 4.92. The van der Waals surface area contributed by atoms with E-state index in [1.54, 1.807) is 11.9 Å². The lowest BCUT2D eigenvalue weighted by Crippen LogP contribution is -2.45. The third-order valence-electron chi connectivity index (χ3n) is 3.51. The predicted molar refractivity (Wildman–Crippen MR) is 60.8 cm³/mol. The Hall–Kier alpha value is -1.06. The monoisotopic (exact) mass is 227 g/mol. The zero-order valence-corrected chi connectivity index (χ0v) is 10.4. The second kappa shape index (κ2) is 5.32. The van der Waals surface area contributed by atoms with Gasteiger partial charge in [0.1, 0.15) is 0 Å². The fourth-order valence-electron chi connectivity index (χ4n) is 2.44. The zero-order valence-electron chi connectivity index (χ0n) is 10.4. The van der Waals surface area contributed by atoms with Crippen molar-refractivity contribution < 1.29 is 14.3 Å². The van der Waals surface area contributed by atoms with E-state index in [0.717, 1.165) is 25.7 Å². The van der Waals surface area contributed by atoms with Gasteiger partial charge in [-0.15, -0.1) is 0 Å². The molecule has 0 spiro atoms. The Bertz CT molecular complexity index is 269. The third-order valence-corrected chi connectivity index (χ3v) is 3.51. The van der Waals surface area contributed by atoms with Gasteiger partial charge in [0.05, 0.1) is 12.5 Å². The molecule has 0 saturated heterocycles. The molecule has 92 valence electrons. The molecule has 4 nitrogen and oxygen atoms in total. The first-order valence-corrected chi connectivity index (χ1v) is 5.82. The quantitative estimate of drug-likeness (QED) is 0.688. The molecule has 0 heterocycles. The summed E-state index contributed by atoms with van der Waals surface area (Å²) >= 11 is 0. The molecule has 1 aliphatic carbocycles. The van der Waals surface area contributed by atoms with E-state index < -0.39 is 5.41 Å². The SMILES string of the molecule is COC(=O)C1(CN(C)C(C)=O)CCCCC1. The maximum absolute atomic E-state index is 11.9. The van der Waals surface area contributed by atoms with E-state index >= 15 is 0 Å². The van der Waals surface area contributed by atoms with Crippen LogP contribution in [-0.2, 0) is 14.3 Å². The van der Waals surface area contributed by atoms with Gasteiger partial charge in [0.2, 0.25) is 5.91 Å². The van der Waals surface area contributed by atoms with Crippen LogP contribution in [0.4, 0.5) is 0 Å². The second-order valence-electron chi connectivity index (χ2n) is 4.71. The molecule has 0 N–H and O–H groups in total. The number of ether oxygens (including phenoxy) is 1. The number of hydrogen-bond donors (Lipinski definition) is 0. The molecule has 16 heavy (non-hydrogen) atoms. The average Bonchev–Trinajstić information content (AvgIpc) is 2.29. The van der Waals surface area contributed by atoms with Crippen molar-refractivity contribution in [1.29, 1.82) is 0 Å². The van der Waals surface area contributed by atoms with Crippen LogP contribution in [0.2, 0.25) is 0 Å². The summed E-state index contributed by atoms with van der Waals surface area (Å²) in [4.78, 5) is 24.7. The summed E-state index contributed by atoms with van der Waals surface area (Å²) in [6.45, 7) is 2.00. The molecule has 1 saturated carbocycles. The predicted octanol–water partition coefficient (Wildman–Crippen LogP) is 1.59. The molecule has 0 unspecified atom stereocenters. The van der Waals surface area contributed by atoms with Crippen LogP contribution in [0.3, 0.4) is 0 Å². The molecule has 1 amide bonds. The van der Waals surface area contributed by atoms with E-state index in [1.807, 2.05) is 0 Å². The van der Waals surface area contributed by atoms with Crippen LogP contribution in [0.25, 0.3) is 0 Å². The molecule has 0 radical (unpaired) electrons. The summed E-state index contributed by atoms with van der Waals surface area (Å²) in [5, 5.41) is 0. The van der Waals surface area contributed by atoms with Crippen LogP contribution in [0, 0.1) is 5.41 Å². The molecule has 0 aliphatic heterocycles. The summed E-state index contributed by atoms with van der Waals surface area (Å²) in [6, 6.07) is 0. The molecule has 4 heteroatoms. The molecular formula is C12H21NO3. The number of esters is 1. The molecule has 1 rings (SSSR count). The molecule has 1 fully saturated rings. The molecule has 0 atom stereocenters. The van der Waals surface area contributed by atoms with Crippen molar-refractivity contribution >= 4 is 11.9 Å². The number of nitrogens with zero attached hydrogens (tertiary/aromatic N) is 1. The van der Waals surface area contributed by atoms with Crippen molar-refractivity contribution in [3.63, 3.8) is 0 Å². The van der Waals surface area contributed by atoms with Crippen LogP contribution in [0.1, 0.15) is 39.0 Å². The van der Waals surface area contributed by atoms with Crippen molar-refractivity contribution in [2.45, 2.75) is 39.0 Å². The van der Waals surface area contributed by atoms with Crippen molar-refractivity contribution in [3.8, 4) is 0 Å². The Labute approximate surface area is 96.9 Å². The summed E-state index contributed by atoms with van der Waals surface area (Å²) in [7, 11) is 3.16. The smallest absolute Gasteiger partial charge is 0.313 e. The fourth-order valence-corrected chi connectivity index (χ4v) is 2.44. The number of rotatable bonds is 3. The van der Waals surface area contributed by atoms with Gasteiger partial charge in [0, 0.05) is 20.5 Å². The van der Waals surface area contributed by atoms with Gasteiger partial charge in [-0.1, -0.05) is 19.3 Å². The number of carbonyl (C=O) groups excluding carboxylic acids is 2. The Morgan fingerprint density at radius 1 is 1.25 bits per heavy atom. The van der Waals surface area contributed by atoms with Crippen LogP contribution in [0.5, 0.6) is 0 Å². The van der Waals surface area contributed by atoms with Crippen LogP contribution in [-0.4, -0.2) is 37.5 Å². The lowest BCUT2D eigenvalue weighted by Gasteiger charge is -2.37. The summed E-state index contributed by atoms with van der Waals surface area (Å²) in [5.41, 5.74) is -0.465. The van der Waals surface area contributed by atoms with Crippen molar-refractivity contribution in [2.24, 2.45) is 5.41 Å². The zero-order chi connectivity index (χ0) is 12.2. The van der Waals surface area contributed by atoms with Gasteiger partial charge in [-0.25, -0.2) is 0 Å². The highest BCUT2D eigenvalue weighted by molar-refractivity contribution is 5.79. The minimum Gasteiger partial charge on any atom is -0.469 e. The highest BCUT2D eigenvalue weighted by Crippen LogP contribution is 2.38. The number of carbonyl (C=O) groups is 2. The van der Waals surface area contributed by atoms with Gasteiger partial charge in [0.25, 0.3) is 0 Å². The first kappa shape index (κ1) is 13.0. The topological polar surface area (TPSA) is 46.6 Å². The first-order valence-electron chi connectivity index (χ1n) is 5.82. The largest absolute Gasteiger partial charge is 0.469 e. The number of methoxy groups -OCH3 is 1. The minimum absolute atomic E-state index is 0.00569. The maximum atomic E-state index is 11.9. The molecule has 1 aliphatic rings. The Balaban J connectivity index is 2.78. The van der Waals surface area contributed by atoms with Crippen LogP contribution >= 0.6 is 0 Å². The standard InChI is InChI=1S/C12H21NO3/c1-10(14)13(2)9-12(11(15)16-3)7-5-4-6-8-12/h4-9H2,1-3H3. The van der Waals surface area contributed by atoms with Crippen molar-refractivity contribution in [3.05, 3.63) is 0 Å². The van der Waals surface area contributed by atoms with E-state index in [4.69, 9.17) is 4.74 Å². The maximum Gasteiger partial charge on any atom is 0.313 e. The summed E-state index contributed by atoms with van der Waals surface area (Å²) in [5.74, 6) is -0.172. The highest BCUT2D eigenvalue weighted by atomic mass is 16.5. The van der Waals surface area contributed by atoms with Crippen molar-refractivity contribution in [2.75, 3.05) is 20.7 Å². The Kier molecular flexibility index (Phi) is 4.33. The van der Waals surface area contributed by atoms with Gasteiger partial charge in [-0.05, 0) is 12.8 Å². The number of hydrogen-bond acceptors (Lipinski definition) is 3. The second-order valence-corrected chi connectivity index (χ2v) is 4.71. The van der Waals surface area contributed by atoms with Gasteiger partial charge < -0.3 is 9.64 Å². The van der Waals surface area contributed by atoms with E-state index in [0.29, 0.717) is 6.54 Å². The fraction of sp³-hybridized carbons (Fsp3) is 0.833. The highest BCUT2D eigenvalue weighted by Gasteiger charge is 2.41. The molecule has 0 aromatic carbocycles. The Morgan fingerprint density at radius 2 is 1.81 bits per heavy atom. The normalized spacial score (nSPS) is 18.9. The molecule has 0 bridgehead atoms. The van der Waals surface area contributed by atoms with Gasteiger partial charge in [-0.3, -0.25) is 9.59 Å². The van der Waals surface area contributed by atoms with Gasteiger partial charge >= 0.3 is 5.97 Å². The van der Waals surface area contributed by atoms with E-state index in [1.165, 1.54) is 20.5 Å². The van der Waals surface area contributed by atoms with E-state index in [-0.39, 0.29) is 11.9 Å². The Morgan fingerprint density at radius 3 is 2.25 bits per heavy atom. The summed E-state index contributed by atoms with van der Waals surface area (Å²) < 4.78 is 4.90. The molecule has 0 aromatic heterocycles. The van der Waals surface area contributed by atoms with Crippen LogP contribution in [0.15, 0.2) is 0 Å². The third kappa shape index (κ3) is 2.74. The lowest BCUT2D eigenvalue weighted by molar-refractivity contribution is -0.157. The van der Waals surface area contributed by atoms with Crippen LogP contribution < -0.4 is 0 Å².